The lowest BCUT2D eigenvalue weighted by molar-refractivity contribution is -0.142. The minimum absolute atomic E-state index is 0.00428. The van der Waals surface area contributed by atoms with E-state index < -0.39 is 5.41 Å². The van der Waals surface area contributed by atoms with Crippen molar-refractivity contribution < 1.29 is 9.59 Å². The molecule has 2 atom stereocenters. The predicted octanol–water partition coefficient (Wildman–Crippen LogP) is 2.32. The van der Waals surface area contributed by atoms with Gasteiger partial charge >= 0.3 is 0 Å². The third-order valence-corrected chi connectivity index (χ3v) is 4.46. The van der Waals surface area contributed by atoms with Crippen molar-refractivity contribution in [2.24, 2.45) is 5.41 Å². The van der Waals surface area contributed by atoms with Gasteiger partial charge in [-0.1, -0.05) is 20.8 Å². The van der Waals surface area contributed by atoms with E-state index in [1.165, 1.54) is 0 Å². The lowest BCUT2D eigenvalue weighted by Crippen LogP contribution is -2.56. The number of imidazole rings is 1. The van der Waals surface area contributed by atoms with Crippen molar-refractivity contribution in [3.8, 4) is 0 Å². The molecule has 2 N–H and O–H groups in total. The molecule has 0 aromatic carbocycles. The predicted molar refractivity (Wildman–Crippen MR) is 98.2 cm³/mol. The van der Waals surface area contributed by atoms with Gasteiger partial charge in [-0.15, -0.1) is 0 Å². The number of rotatable bonds is 5. The van der Waals surface area contributed by atoms with Crippen LogP contribution in [0.15, 0.2) is 12.5 Å². The molecule has 1 aromatic rings. The molecule has 0 spiro atoms. The van der Waals surface area contributed by atoms with Crippen LogP contribution in [-0.4, -0.2) is 50.7 Å². The number of Topliss-reactive ketones (excluding diaryl/α,β-unsaturated/α-hetero) is 1. The Kier molecular flexibility index (Phi) is 5.72. The van der Waals surface area contributed by atoms with E-state index in [0.29, 0.717) is 13.0 Å². The second-order valence-electron chi connectivity index (χ2n) is 9.03. The zero-order chi connectivity index (χ0) is 18.8. The van der Waals surface area contributed by atoms with Crippen LogP contribution in [0, 0.1) is 5.41 Å². The number of hydrogen-bond acceptors (Lipinski definition) is 4. The second kappa shape index (κ2) is 7.28. The van der Waals surface area contributed by atoms with Gasteiger partial charge in [-0.25, -0.2) is 4.98 Å². The summed E-state index contributed by atoms with van der Waals surface area (Å²) < 4.78 is 0. The number of H-pyrrole nitrogens is 1. The molecule has 1 aliphatic rings. The number of aromatic amines is 1. The van der Waals surface area contributed by atoms with Crippen molar-refractivity contribution in [3.63, 3.8) is 0 Å². The van der Waals surface area contributed by atoms with Gasteiger partial charge in [0.05, 0.1) is 18.4 Å². The summed E-state index contributed by atoms with van der Waals surface area (Å²) in [5.41, 5.74) is 0.265. The van der Waals surface area contributed by atoms with Gasteiger partial charge in [0, 0.05) is 35.8 Å². The van der Waals surface area contributed by atoms with E-state index in [1.54, 1.807) is 17.4 Å². The van der Waals surface area contributed by atoms with Crippen LogP contribution in [0.25, 0.3) is 0 Å². The summed E-state index contributed by atoms with van der Waals surface area (Å²) >= 11 is 0. The summed E-state index contributed by atoms with van der Waals surface area (Å²) in [5.74, 6) is 0.152. The summed E-state index contributed by atoms with van der Waals surface area (Å²) in [6, 6.07) is -0.688. The summed E-state index contributed by atoms with van der Waals surface area (Å²) in [6.45, 7) is 12.5. The fourth-order valence-electron chi connectivity index (χ4n) is 3.34. The minimum atomic E-state index is -0.441. The third kappa shape index (κ3) is 5.14. The maximum atomic E-state index is 13.3. The topological polar surface area (TPSA) is 78.1 Å². The van der Waals surface area contributed by atoms with Crippen molar-refractivity contribution >= 4 is 11.7 Å². The molecule has 1 amide bonds. The first-order valence-corrected chi connectivity index (χ1v) is 9.09. The molecule has 0 unspecified atom stereocenters. The van der Waals surface area contributed by atoms with Gasteiger partial charge in [0.1, 0.15) is 0 Å². The highest BCUT2D eigenvalue weighted by Crippen LogP contribution is 2.27. The summed E-state index contributed by atoms with van der Waals surface area (Å²) in [7, 11) is 0. The average Bonchev–Trinajstić information content (AvgIpc) is 3.13. The number of ketones is 1. The van der Waals surface area contributed by atoms with E-state index in [9.17, 15) is 9.59 Å². The van der Waals surface area contributed by atoms with E-state index in [1.807, 2.05) is 41.5 Å². The molecule has 0 bridgehead atoms. The Labute approximate surface area is 150 Å². The SMILES string of the molecule is CC(C)(C)N[C@@H](Cc1cnc[nH]1)C(=O)N1CCC[C@H]1C(=O)C(C)(C)C. The highest BCUT2D eigenvalue weighted by Gasteiger charge is 2.41. The molecule has 140 valence electrons. The normalized spacial score (nSPS) is 19.9. The molecule has 0 aliphatic carbocycles. The molecular formula is C19H32N4O2. The van der Waals surface area contributed by atoms with Crippen LogP contribution in [0.5, 0.6) is 0 Å². The monoisotopic (exact) mass is 348 g/mol. The molecular weight excluding hydrogens is 316 g/mol. The lowest BCUT2D eigenvalue weighted by Gasteiger charge is -2.34. The Hall–Kier alpha value is -1.69. The Morgan fingerprint density at radius 2 is 2.00 bits per heavy atom. The van der Waals surface area contributed by atoms with E-state index in [-0.39, 0.29) is 29.3 Å². The van der Waals surface area contributed by atoms with Crippen LogP contribution in [0.3, 0.4) is 0 Å². The molecule has 2 rings (SSSR count). The molecule has 25 heavy (non-hydrogen) atoms. The maximum absolute atomic E-state index is 13.3. The van der Waals surface area contributed by atoms with Crippen LogP contribution < -0.4 is 5.32 Å². The fourth-order valence-corrected chi connectivity index (χ4v) is 3.34. The smallest absolute Gasteiger partial charge is 0.240 e. The van der Waals surface area contributed by atoms with Crippen LogP contribution in [-0.2, 0) is 16.0 Å². The van der Waals surface area contributed by atoms with Crippen molar-refractivity contribution in [2.45, 2.75) is 78.4 Å². The first-order valence-electron chi connectivity index (χ1n) is 9.09. The fraction of sp³-hybridized carbons (Fsp3) is 0.737. The Morgan fingerprint density at radius 1 is 1.32 bits per heavy atom. The number of nitrogens with zero attached hydrogens (tertiary/aromatic N) is 2. The Bertz CT molecular complexity index is 596. The van der Waals surface area contributed by atoms with Crippen molar-refractivity contribution in [2.75, 3.05) is 6.54 Å². The molecule has 1 aromatic heterocycles. The van der Waals surface area contributed by atoms with E-state index in [2.05, 4.69) is 15.3 Å². The van der Waals surface area contributed by atoms with Gasteiger partial charge < -0.3 is 15.2 Å². The largest absolute Gasteiger partial charge is 0.348 e. The summed E-state index contributed by atoms with van der Waals surface area (Å²) in [4.78, 5) is 34.9. The second-order valence-corrected chi connectivity index (χ2v) is 9.03. The third-order valence-electron chi connectivity index (χ3n) is 4.46. The van der Waals surface area contributed by atoms with Crippen LogP contribution in [0.1, 0.15) is 60.1 Å². The molecule has 2 heterocycles. The number of hydrogen-bond donors (Lipinski definition) is 2. The maximum Gasteiger partial charge on any atom is 0.240 e. The molecule has 1 saturated heterocycles. The van der Waals surface area contributed by atoms with Crippen LogP contribution >= 0.6 is 0 Å². The Balaban J connectivity index is 2.20. The van der Waals surface area contributed by atoms with Gasteiger partial charge in [0.25, 0.3) is 0 Å². The molecule has 1 fully saturated rings. The highest BCUT2D eigenvalue weighted by atomic mass is 16.2. The number of carbonyl (C=O) groups excluding carboxylic acids is 2. The number of amides is 1. The van der Waals surface area contributed by atoms with Gasteiger partial charge in [0.15, 0.2) is 5.78 Å². The number of nitrogens with one attached hydrogen (secondary N) is 2. The van der Waals surface area contributed by atoms with Crippen molar-refractivity contribution in [1.29, 1.82) is 0 Å². The highest BCUT2D eigenvalue weighted by molar-refractivity contribution is 5.94. The molecule has 0 radical (unpaired) electrons. The van der Waals surface area contributed by atoms with E-state index in [0.717, 1.165) is 18.5 Å². The minimum Gasteiger partial charge on any atom is -0.348 e. The van der Waals surface area contributed by atoms with Crippen molar-refractivity contribution in [3.05, 3.63) is 18.2 Å². The first-order chi connectivity index (χ1) is 11.5. The zero-order valence-corrected chi connectivity index (χ0v) is 16.3. The van der Waals surface area contributed by atoms with Crippen LogP contribution in [0.2, 0.25) is 0 Å². The summed E-state index contributed by atoms with van der Waals surface area (Å²) in [6.07, 6.45) is 5.53. The van der Waals surface area contributed by atoms with Crippen molar-refractivity contribution in [1.82, 2.24) is 20.2 Å². The molecule has 1 aliphatic heterocycles. The van der Waals surface area contributed by atoms with E-state index in [4.69, 9.17) is 0 Å². The van der Waals surface area contributed by atoms with Gasteiger partial charge in [0.2, 0.25) is 5.91 Å². The summed E-state index contributed by atoms with van der Waals surface area (Å²) in [5, 5.41) is 3.42. The molecule has 0 saturated carbocycles. The van der Waals surface area contributed by atoms with Gasteiger partial charge in [-0.3, -0.25) is 9.59 Å². The zero-order valence-electron chi connectivity index (χ0n) is 16.3. The van der Waals surface area contributed by atoms with Gasteiger partial charge in [-0.2, -0.15) is 0 Å². The standard InChI is InChI=1S/C19H32N4O2/c1-18(2,3)16(24)15-8-7-9-23(15)17(25)14(22-19(4,5)6)10-13-11-20-12-21-13/h11-12,14-15,22H,7-10H2,1-6H3,(H,20,21)/t14-,15-/m0/s1. The average molecular weight is 348 g/mol. The molecule has 6 nitrogen and oxygen atoms in total. The van der Waals surface area contributed by atoms with Gasteiger partial charge in [-0.05, 0) is 33.6 Å². The quantitative estimate of drug-likeness (QED) is 0.856. The number of carbonyl (C=O) groups is 2. The van der Waals surface area contributed by atoms with Crippen LogP contribution in [0.4, 0.5) is 0 Å². The number of aromatic nitrogens is 2. The molecule has 6 heteroatoms. The first kappa shape index (κ1) is 19.6. The Morgan fingerprint density at radius 3 is 2.52 bits per heavy atom. The number of likely N-dealkylation sites (tertiary alicyclic amines) is 1. The van der Waals surface area contributed by atoms with E-state index >= 15 is 0 Å². The lowest BCUT2D eigenvalue weighted by atomic mass is 9.85.